The lowest BCUT2D eigenvalue weighted by atomic mass is 10.0. The topological polar surface area (TPSA) is 40.6 Å². The highest BCUT2D eigenvalue weighted by Crippen LogP contribution is 2.37. The maximum absolute atomic E-state index is 14.3. The van der Waals surface area contributed by atoms with Gasteiger partial charge < -0.3 is 9.80 Å². The number of halogens is 1. The van der Waals surface area contributed by atoms with Crippen LogP contribution in [0.5, 0.6) is 0 Å². The number of rotatable bonds is 6. The van der Waals surface area contributed by atoms with Gasteiger partial charge in [0.15, 0.2) is 0 Å². The van der Waals surface area contributed by atoms with Gasteiger partial charge in [0, 0.05) is 31.1 Å². The van der Waals surface area contributed by atoms with E-state index in [0.29, 0.717) is 18.7 Å². The van der Waals surface area contributed by atoms with Crippen LogP contribution in [0.1, 0.15) is 48.9 Å². The zero-order chi connectivity index (χ0) is 20.5. The average Bonchev–Trinajstić information content (AvgIpc) is 3.47. The quantitative estimate of drug-likeness (QED) is 0.736. The number of hydrogen-bond donors (Lipinski definition) is 0. The lowest BCUT2D eigenvalue weighted by Gasteiger charge is -2.32. The summed E-state index contributed by atoms with van der Waals surface area (Å²) >= 11 is 0. The fourth-order valence-electron chi connectivity index (χ4n) is 4.22. The molecule has 1 saturated carbocycles. The van der Waals surface area contributed by atoms with Crippen LogP contribution in [-0.2, 0) is 16.1 Å². The highest BCUT2D eigenvalue weighted by atomic mass is 19.1. The predicted molar refractivity (Wildman–Crippen MR) is 109 cm³/mol. The summed E-state index contributed by atoms with van der Waals surface area (Å²) < 4.78 is 14.3. The normalized spacial score (nSPS) is 20.0. The Balaban J connectivity index is 1.48. The molecule has 0 aromatic heterocycles. The molecule has 2 aliphatic rings. The third kappa shape index (κ3) is 4.19. The van der Waals surface area contributed by atoms with Crippen LogP contribution in [0.3, 0.4) is 0 Å². The first-order valence-corrected chi connectivity index (χ1v) is 10.3. The highest BCUT2D eigenvalue weighted by molar-refractivity contribution is 5.89. The molecular weight excluding hydrogens is 367 g/mol. The van der Waals surface area contributed by atoms with Gasteiger partial charge in [0.2, 0.25) is 11.8 Å². The molecule has 2 aromatic carbocycles. The minimum atomic E-state index is -0.359. The fourth-order valence-corrected chi connectivity index (χ4v) is 4.22. The van der Waals surface area contributed by atoms with E-state index in [4.69, 9.17) is 0 Å². The second-order valence-electron chi connectivity index (χ2n) is 8.34. The summed E-state index contributed by atoms with van der Waals surface area (Å²) in [6.45, 7) is 4.87. The SMILES string of the molecule is Cc1ccc(CN2CC(C(=O)N(C3CC3)C(C)c3ccccc3F)CC2=O)cc1. The number of carbonyl (C=O) groups is 2. The molecule has 2 fully saturated rings. The van der Waals surface area contributed by atoms with E-state index in [-0.39, 0.29) is 42.1 Å². The summed E-state index contributed by atoms with van der Waals surface area (Å²) in [6.07, 6.45) is 2.12. The molecule has 0 radical (unpaired) electrons. The van der Waals surface area contributed by atoms with Crippen molar-refractivity contribution in [2.75, 3.05) is 6.54 Å². The summed E-state index contributed by atoms with van der Waals surface area (Å²) in [4.78, 5) is 29.5. The van der Waals surface area contributed by atoms with Gasteiger partial charge in [0.25, 0.3) is 0 Å². The Bertz CT molecular complexity index is 907. The van der Waals surface area contributed by atoms with Crippen molar-refractivity contribution >= 4 is 11.8 Å². The van der Waals surface area contributed by atoms with Gasteiger partial charge in [-0.15, -0.1) is 0 Å². The van der Waals surface area contributed by atoms with Crippen LogP contribution in [0.2, 0.25) is 0 Å². The zero-order valence-electron chi connectivity index (χ0n) is 17.0. The number of carbonyl (C=O) groups excluding carboxylic acids is 2. The summed E-state index contributed by atoms with van der Waals surface area (Å²) in [5.41, 5.74) is 2.78. The number of aryl methyl sites for hydroxylation is 1. The molecule has 2 amide bonds. The van der Waals surface area contributed by atoms with Crippen molar-refractivity contribution in [2.45, 2.75) is 51.7 Å². The van der Waals surface area contributed by atoms with Crippen LogP contribution in [-0.4, -0.2) is 34.2 Å². The molecule has 4 nitrogen and oxygen atoms in total. The first-order valence-electron chi connectivity index (χ1n) is 10.3. The second-order valence-corrected chi connectivity index (χ2v) is 8.34. The molecule has 0 bridgehead atoms. The first kappa shape index (κ1) is 19.6. The molecule has 29 heavy (non-hydrogen) atoms. The van der Waals surface area contributed by atoms with E-state index in [1.807, 2.05) is 43.0 Å². The van der Waals surface area contributed by atoms with E-state index in [9.17, 15) is 14.0 Å². The van der Waals surface area contributed by atoms with Gasteiger partial charge in [0.1, 0.15) is 5.82 Å². The molecule has 0 spiro atoms. The number of likely N-dealkylation sites (tertiary alicyclic amines) is 1. The van der Waals surface area contributed by atoms with E-state index in [1.54, 1.807) is 23.1 Å². The van der Waals surface area contributed by atoms with Crippen LogP contribution in [0.25, 0.3) is 0 Å². The van der Waals surface area contributed by atoms with E-state index < -0.39 is 0 Å². The Kier molecular flexibility index (Phi) is 5.39. The van der Waals surface area contributed by atoms with E-state index in [2.05, 4.69) is 0 Å². The molecule has 1 aliphatic heterocycles. The molecule has 2 atom stereocenters. The smallest absolute Gasteiger partial charge is 0.228 e. The summed E-state index contributed by atoms with van der Waals surface area (Å²) in [5.74, 6) is -0.661. The molecule has 0 N–H and O–H groups in total. The lowest BCUT2D eigenvalue weighted by Crippen LogP contribution is -2.40. The van der Waals surface area contributed by atoms with Gasteiger partial charge >= 0.3 is 0 Å². The van der Waals surface area contributed by atoms with Crippen LogP contribution in [0.4, 0.5) is 4.39 Å². The van der Waals surface area contributed by atoms with Crippen molar-refractivity contribution in [3.05, 3.63) is 71.0 Å². The van der Waals surface area contributed by atoms with E-state index in [0.717, 1.165) is 18.4 Å². The van der Waals surface area contributed by atoms with Crippen LogP contribution in [0, 0.1) is 18.7 Å². The Morgan fingerprint density at radius 3 is 2.52 bits per heavy atom. The van der Waals surface area contributed by atoms with Gasteiger partial charge in [-0.05, 0) is 38.3 Å². The summed E-state index contributed by atoms with van der Waals surface area (Å²) in [6, 6.07) is 14.6. The minimum Gasteiger partial charge on any atom is -0.338 e. The Morgan fingerprint density at radius 2 is 1.86 bits per heavy atom. The fraction of sp³-hybridized carbons (Fsp3) is 0.417. The largest absolute Gasteiger partial charge is 0.338 e. The van der Waals surface area contributed by atoms with Crippen molar-refractivity contribution in [3.8, 4) is 0 Å². The first-order chi connectivity index (χ1) is 13.9. The van der Waals surface area contributed by atoms with Crippen LogP contribution >= 0.6 is 0 Å². The molecule has 1 aliphatic carbocycles. The number of hydrogen-bond acceptors (Lipinski definition) is 2. The monoisotopic (exact) mass is 394 g/mol. The maximum atomic E-state index is 14.3. The Hall–Kier alpha value is -2.69. The molecule has 2 aromatic rings. The molecule has 4 rings (SSSR count). The zero-order valence-corrected chi connectivity index (χ0v) is 17.0. The van der Waals surface area contributed by atoms with E-state index in [1.165, 1.54) is 11.6 Å². The van der Waals surface area contributed by atoms with Crippen LogP contribution in [0.15, 0.2) is 48.5 Å². The molecule has 2 unspecified atom stereocenters. The second kappa shape index (κ2) is 7.97. The van der Waals surface area contributed by atoms with Crippen molar-refractivity contribution < 1.29 is 14.0 Å². The van der Waals surface area contributed by atoms with Crippen LogP contribution < -0.4 is 0 Å². The maximum Gasteiger partial charge on any atom is 0.228 e. The minimum absolute atomic E-state index is 0.0122. The van der Waals surface area contributed by atoms with Gasteiger partial charge in [0.05, 0.1) is 12.0 Å². The van der Waals surface area contributed by atoms with Crippen molar-refractivity contribution in [2.24, 2.45) is 5.92 Å². The highest BCUT2D eigenvalue weighted by Gasteiger charge is 2.43. The Labute approximate surface area is 171 Å². The van der Waals surface area contributed by atoms with E-state index >= 15 is 0 Å². The molecule has 1 saturated heterocycles. The average molecular weight is 394 g/mol. The van der Waals surface area contributed by atoms with Crippen molar-refractivity contribution in [1.29, 1.82) is 0 Å². The number of benzene rings is 2. The molecular formula is C24H27FN2O2. The molecule has 1 heterocycles. The number of amides is 2. The summed E-state index contributed by atoms with van der Waals surface area (Å²) in [5, 5.41) is 0. The third-order valence-corrected chi connectivity index (χ3v) is 6.03. The van der Waals surface area contributed by atoms with Gasteiger partial charge in [-0.2, -0.15) is 0 Å². The van der Waals surface area contributed by atoms with Gasteiger partial charge in [-0.3, -0.25) is 9.59 Å². The van der Waals surface area contributed by atoms with Crippen molar-refractivity contribution in [3.63, 3.8) is 0 Å². The van der Waals surface area contributed by atoms with Gasteiger partial charge in [-0.25, -0.2) is 4.39 Å². The molecule has 5 heteroatoms. The number of nitrogens with zero attached hydrogens (tertiary/aromatic N) is 2. The lowest BCUT2D eigenvalue weighted by molar-refractivity contribution is -0.138. The van der Waals surface area contributed by atoms with Gasteiger partial charge in [-0.1, -0.05) is 48.0 Å². The standard InChI is InChI=1S/C24H27FN2O2/c1-16-7-9-18(10-8-16)14-26-15-19(13-23(26)28)24(29)27(20-11-12-20)17(2)21-5-3-4-6-22(21)25/h3-10,17,19-20H,11-15H2,1-2H3. The molecule has 152 valence electrons. The summed E-state index contributed by atoms with van der Waals surface area (Å²) in [7, 11) is 0. The van der Waals surface area contributed by atoms with Crippen molar-refractivity contribution in [1.82, 2.24) is 9.80 Å². The predicted octanol–water partition coefficient (Wildman–Crippen LogP) is 4.23. The third-order valence-electron chi connectivity index (χ3n) is 6.03. The Morgan fingerprint density at radius 1 is 1.17 bits per heavy atom.